The summed E-state index contributed by atoms with van der Waals surface area (Å²) in [7, 11) is 0. The molecule has 0 unspecified atom stereocenters. The Kier molecular flexibility index (Phi) is 4.83. The average molecular weight is 475 g/mol. The van der Waals surface area contributed by atoms with Crippen molar-refractivity contribution in [1.82, 2.24) is 29.9 Å². The molecule has 0 spiro atoms. The van der Waals surface area contributed by atoms with Crippen LogP contribution in [0.15, 0.2) is 48.9 Å². The first-order chi connectivity index (χ1) is 16.9. The summed E-state index contributed by atoms with van der Waals surface area (Å²) in [6.07, 6.45) is 6.99. The van der Waals surface area contributed by atoms with Crippen LogP contribution in [0.25, 0.3) is 22.6 Å². The van der Waals surface area contributed by atoms with Gasteiger partial charge < -0.3 is 5.11 Å². The Morgan fingerprint density at radius 2 is 1.86 bits per heavy atom. The standard InChI is InChI=1S/C26H24F2N6O/c1-25(2)16-6-8-26(25,22-14-29-13-21(30-22)19-7-9-34(33-19)10-11-35)24-15(16)12-20(31-32-24)23-17(27)4-3-5-18(23)28/h3-5,7,9,12-14,16,35H,6,8,10-11H2,1-2H3/t16-,26-/m0/s1. The summed E-state index contributed by atoms with van der Waals surface area (Å²) in [5, 5.41) is 22.5. The third-order valence-corrected chi connectivity index (χ3v) is 7.91. The molecule has 1 fully saturated rings. The topological polar surface area (TPSA) is 89.6 Å². The molecule has 1 aromatic carbocycles. The molecule has 1 saturated carbocycles. The third-order valence-electron chi connectivity index (χ3n) is 7.91. The SMILES string of the molecule is CC1(C)[C@H]2CC[C@]1(c1cncc(-c3ccn(CCO)n3)n1)c1nnc(-c3c(F)cccc3F)cc12. The normalized spacial score (nSPS) is 21.9. The van der Waals surface area contributed by atoms with Crippen molar-refractivity contribution < 1.29 is 13.9 Å². The second-order valence-electron chi connectivity index (χ2n) is 9.83. The van der Waals surface area contributed by atoms with Gasteiger partial charge in [0, 0.05) is 12.4 Å². The van der Waals surface area contributed by atoms with Gasteiger partial charge in [-0.2, -0.15) is 10.2 Å². The highest BCUT2D eigenvalue weighted by molar-refractivity contribution is 5.64. The van der Waals surface area contributed by atoms with Crippen LogP contribution in [-0.2, 0) is 12.0 Å². The number of benzene rings is 1. The van der Waals surface area contributed by atoms with Crippen LogP contribution in [-0.4, -0.2) is 41.7 Å². The van der Waals surface area contributed by atoms with Crippen LogP contribution in [0, 0.1) is 17.0 Å². The Morgan fingerprint density at radius 1 is 1.06 bits per heavy atom. The molecule has 0 amide bonds. The molecule has 0 saturated heterocycles. The Bertz CT molecular complexity index is 1430. The van der Waals surface area contributed by atoms with Crippen LogP contribution in [0.4, 0.5) is 8.78 Å². The summed E-state index contributed by atoms with van der Waals surface area (Å²) in [6, 6.07) is 7.45. The molecule has 3 aromatic heterocycles. The summed E-state index contributed by atoms with van der Waals surface area (Å²) in [5.74, 6) is -1.16. The van der Waals surface area contributed by atoms with Crippen molar-refractivity contribution in [3.63, 3.8) is 0 Å². The molecule has 2 atom stereocenters. The van der Waals surface area contributed by atoms with Crippen LogP contribution in [0.1, 0.15) is 49.6 Å². The van der Waals surface area contributed by atoms with Crippen LogP contribution in [0.5, 0.6) is 0 Å². The number of fused-ring (bicyclic) bond motifs is 5. The average Bonchev–Trinajstić information content (AvgIpc) is 3.47. The summed E-state index contributed by atoms with van der Waals surface area (Å²) >= 11 is 0. The molecule has 4 aromatic rings. The molecule has 2 bridgehead atoms. The predicted octanol–water partition coefficient (Wildman–Crippen LogP) is 4.27. The summed E-state index contributed by atoms with van der Waals surface area (Å²) in [4.78, 5) is 9.47. The van der Waals surface area contributed by atoms with Crippen molar-refractivity contribution >= 4 is 0 Å². The molecule has 7 nitrogen and oxygen atoms in total. The molecule has 2 aliphatic rings. The van der Waals surface area contributed by atoms with Crippen molar-refractivity contribution in [2.24, 2.45) is 5.41 Å². The maximum Gasteiger partial charge on any atom is 0.135 e. The van der Waals surface area contributed by atoms with Crippen molar-refractivity contribution in [2.75, 3.05) is 6.61 Å². The van der Waals surface area contributed by atoms with E-state index in [1.165, 1.54) is 18.2 Å². The van der Waals surface area contributed by atoms with Gasteiger partial charge in [-0.05, 0) is 54.0 Å². The van der Waals surface area contributed by atoms with Gasteiger partial charge in [-0.15, -0.1) is 5.10 Å². The molecule has 35 heavy (non-hydrogen) atoms. The fraction of sp³-hybridized carbons (Fsp3) is 0.346. The molecular formula is C26H24F2N6O. The van der Waals surface area contributed by atoms with Gasteiger partial charge in [0.2, 0.25) is 0 Å². The molecule has 6 rings (SSSR count). The van der Waals surface area contributed by atoms with Crippen molar-refractivity contribution in [1.29, 1.82) is 0 Å². The number of hydrogen-bond acceptors (Lipinski definition) is 6. The molecule has 178 valence electrons. The van der Waals surface area contributed by atoms with Gasteiger partial charge in [0.15, 0.2) is 0 Å². The summed E-state index contributed by atoms with van der Waals surface area (Å²) in [6.45, 7) is 4.79. The molecule has 0 aliphatic heterocycles. The minimum Gasteiger partial charge on any atom is -0.394 e. The molecule has 3 heterocycles. The lowest BCUT2D eigenvalue weighted by Crippen LogP contribution is -2.38. The maximum absolute atomic E-state index is 14.5. The zero-order chi connectivity index (χ0) is 24.4. The monoisotopic (exact) mass is 474 g/mol. The van der Waals surface area contributed by atoms with Gasteiger partial charge in [0.1, 0.15) is 23.0 Å². The van der Waals surface area contributed by atoms with Gasteiger partial charge in [0.25, 0.3) is 0 Å². The Balaban J connectivity index is 1.48. The van der Waals surface area contributed by atoms with Crippen LogP contribution in [0.2, 0.25) is 0 Å². The molecular weight excluding hydrogens is 450 g/mol. The van der Waals surface area contributed by atoms with E-state index in [9.17, 15) is 13.9 Å². The van der Waals surface area contributed by atoms with Crippen molar-refractivity contribution in [2.45, 2.75) is 44.6 Å². The largest absolute Gasteiger partial charge is 0.394 e. The first-order valence-electron chi connectivity index (χ1n) is 11.7. The Morgan fingerprint density at radius 3 is 2.63 bits per heavy atom. The van der Waals surface area contributed by atoms with Crippen molar-refractivity contribution in [3.05, 3.63) is 77.5 Å². The third kappa shape index (κ3) is 3.00. The number of aliphatic hydroxyl groups is 1. The highest BCUT2D eigenvalue weighted by atomic mass is 19.1. The van der Waals surface area contributed by atoms with E-state index in [-0.39, 0.29) is 29.2 Å². The zero-order valence-electron chi connectivity index (χ0n) is 19.4. The van der Waals surface area contributed by atoms with E-state index in [4.69, 9.17) is 4.98 Å². The van der Waals surface area contributed by atoms with E-state index in [0.717, 1.165) is 29.8 Å². The number of aliphatic hydroxyl groups excluding tert-OH is 1. The number of rotatable bonds is 5. The maximum atomic E-state index is 14.5. The fourth-order valence-electron chi connectivity index (χ4n) is 6.18. The van der Waals surface area contributed by atoms with E-state index in [1.54, 1.807) is 29.3 Å². The van der Waals surface area contributed by atoms with Gasteiger partial charge in [-0.3, -0.25) is 9.67 Å². The Hall–Kier alpha value is -3.59. The first kappa shape index (κ1) is 21.9. The molecule has 1 N–H and O–H groups in total. The van der Waals surface area contributed by atoms with Crippen molar-refractivity contribution in [3.8, 4) is 22.6 Å². The first-order valence-corrected chi connectivity index (χ1v) is 11.7. The summed E-state index contributed by atoms with van der Waals surface area (Å²) < 4.78 is 30.6. The van der Waals surface area contributed by atoms with Gasteiger partial charge >= 0.3 is 0 Å². The van der Waals surface area contributed by atoms with Gasteiger partial charge in [0.05, 0.1) is 47.4 Å². The van der Waals surface area contributed by atoms with Crippen LogP contribution in [0.3, 0.4) is 0 Å². The van der Waals surface area contributed by atoms with Crippen LogP contribution < -0.4 is 0 Å². The zero-order valence-corrected chi connectivity index (χ0v) is 19.4. The molecule has 9 heteroatoms. The fourth-order valence-corrected chi connectivity index (χ4v) is 6.18. The minimum absolute atomic E-state index is 0.000249. The number of nitrogens with zero attached hydrogens (tertiary/aromatic N) is 6. The molecule has 2 aliphatic carbocycles. The smallest absolute Gasteiger partial charge is 0.135 e. The highest BCUT2D eigenvalue weighted by Gasteiger charge is 2.65. The quantitative estimate of drug-likeness (QED) is 0.465. The predicted molar refractivity (Wildman–Crippen MR) is 124 cm³/mol. The number of hydrogen-bond donors (Lipinski definition) is 1. The Labute approximate surface area is 200 Å². The number of halogens is 2. The van der Waals surface area contributed by atoms with E-state index in [2.05, 4.69) is 34.1 Å². The lowest BCUT2D eigenvalue weighted by atomic mass is 9.66. The number of aromatic nitrogens is 6. The van der Waals surface area contributed by atoms with Crippen LogP contribution >= 0.6 is 0 Å². The van der Waals surface area contributed by atoms with E-state index >= 15 is 0 Å². The lowest BCUT2D eigenvalue weighted by molar-refractivity contribution is 0.242. The van der Waals surface area contributed by atoms with E-state index < -0.39 is 17.0 Å². The summed E-state index contributed by atoms with van der Waals surface area (Å²) in [5.41, 5.74) is 3.14. The van der Waals surface area contributed by atoms with E-state index in [1.807, 2.05) is 6.07 Å². The van der Waals surface area contributed by atoms with Gasteiger partial charge in [-0.25, -0.2) is 13.8 Å². The molecule has 0 radical (unpaired) electrons. The van der Waals surface area contributed by atoms with Gasteiger partial charge in [-0.1, -0.05) is 19.9 Å². The second-order valence-corrected chi connectivity index (χ2v) is 9.83. The minimum atomic E-state index is -0.657. The van der Waals surface area contributed by atoms with E-state index in [0.29, 0.717) is 17.9 Å². The highest BCUT2D eigenvalue weighted by Crippen LogP contribution is 2.69. The lowest BCUT2D eigenvalue weighted by Gasteiger charge is -2.37. The second kappa shape index (κ2) is 7.71.